The van der Waals surface area contributed by atoms with Crippen molar-refractivity contribution in [3.8, 4) is 0 Å². The second-order valence-corrected chi connectivity index (χ2v) is 8.05. The lowest BCUT2D eigenvalue weighted by atomic mass is 10.1. The van der Waals surface area contributed by atoms with Crippen LogP contribution in [0.3, 0.4) is 0 Å². The first kappa shape index (κ1) is 16.9. The molecule has 2 unspecified atom stereocenters. The predicted molar refractivity (Wildman–Crippen MR) is 82.3 cm³/mol. The summed E-state index contributed by atoms with van der Waals surface area (Å²) in [6.45, 7) is 4.63. The maximum Gasteiger partial charge on any atom is 0.345 e. The van der Waals surface area contributed by atoms with E-state index in [1.165, 1.54) is 11.2 Å². The fraction of sp³-hybridized carbons (Fsp3) is 0.786. The Morgan fingerprint density at radius 3 is 2.73 bits per heavy atom. The molecule has 124 valence electrons. The van der Waals surface area contributed by atoms with E-state index in [1.807, 2.05) is 6.92 Å². The van der Waals surface area contributed by atoms with Crippen LogP contribution in [-0.2, 0) is 9.84 Å². The van der Waals surface area contributed by atoms with Gasteiger partial charge in [0.2, 0.25) is 9.84 Å². The standard InChI is InChI=1S/C14H24N4O3S/c1-4-8-17(3)14(19)18-10-15-13(16-18)22(20,21)12-7-6-11(5-2)9-12/h10-12H,4-9H2,1-3H3. The number of rotatable bonds is 5. The lowest BCUT2D eigenvalue weighted by Crippen LogP contribution is -2.32. The number of sulfone groups is 1. The predicted octanol–water partition coefficient (Wildman–Crippen LogP) is 1.94. The van der Waals surface area contributed by atoms with Crippen molar-refractivity contribution in [2.45, 2.75) is 56.4 Å². The third-order valence-electron chi connectivity index (χ3n) is 4.32. The maximum atomic E-state index is 12.6. The lowest BCUT2D eigenvalue weighted by molar-refractivity contribution is 0.207. The zero-order valence-corrected chi connectivity index (χ0v) is 14.2. The van der Waals surface area contributed by atoms with E-state index in [1.54, 1.807) is 7.05 Å². The van der Waals surface area contributed by atoms with Gasteiger partial charge < -0.3 is 4.90 Å². The second kappa shape index (κ2) is 6.76. The molecule has 22 heavy (non-hydrogen) atoms. The molecule has 2 rings (SSSR count). The van der Waals surface area contributed by atoms with Crippen molar-refractivity contribution in [2.75, 3.05) is 13.6 Å². The van der Waals surface area contributed by atoms with Gasteiger partial charge in [-0.25, -0.2) is 18.2 Å². The SMILES string of the molecule is CCCN(C)C(=O)n1cnc(S(=O)(=O)C2CCC(CC)C2)n1. The molecular weight excluding hydrogens is 304 g/mol. The number of nitrogens with zero attached hydrogens (tertiary/aromatic N) is 4. The van der Waals surface area contributed by atoms with Gasteiger partial charge in [0.1, 0.15) is 6.33 Å². The highest BCUT2D eigenvalue weighted by Gasteiger charge is 2.37. The Labute approximate surface area is 131 Å². The molecule has 1 aliphatic carbocycles. The van der Waals surface area contributed by atoms with E-state index >= 15 is 0 Å². The normalized spacial score (nSPS) is 22.0. The van der Waals surface area contributed by atoms with Crippen LogP contribution in [0, 0.1) is 5.92 Å². The van der Waals surface area contributed by atoms with Gasteiger partial charge >= 0.3 is 6.03 Å². The first-order valence-electron chi connectivity index (χ1n) is 7.81. The molecule has 1 fully saturated rings. The summed E-state index contributed by atoms with van der Waals surface area (Å²) in [6, 6.07) is -0.367. The first-order valence-corrected chi connectivity index (χ1v) is 9.35. The second-order valence-electron chi connectivity index (χ2n) is 5.93. The molecule has 7 nitrogen and oxygen atoms in total. The maximum absolute atomic E-state index is 12.6. The molecule has 0 aromatic carbocycles. The fourth-order valence-electron chi connectivity index (χ4n) is 2.91. The highest BCUT2D eigenvalue weighted by Crippen LogP contribution is 2.34. The minimum Gasteiger partial charge on any atom is -0.326 e. The average Bonchev–Trinajstić information content (AvgIpc) is 3.16. The summed E-state index contributed by atoms with van der Waals surface area (Å²) in [6.07, 6.45) is 5.25. The Balaban J connectivity index is 2.15. The van der Waals surface area contributed by atoms with Gasteiger partial charge in [0.15, 0.2) is 0 Å². The summed E-state index contributed by atoms with van der Waals surface area (Å²) in [5.74, 6) is 0.458. The van der Waals surface area contributed by atoms with E-state index < -0.39 is 15.1 Å². The van der Waals surface area contributed by atoms with E-state index in [9.17, 15) is 13.2 Å². The summed E-state index contributed by atoms with van der Waals surface area (Å²) in [4.78, 5) is 17.4. The first-order chi connectivity index (χ1) is 10.4. The summed E-state index contributed by atoms with van der Waals surface area (Å²) < 4.78 is 26.1. The Morgan fingerprint density at radius 2 is 2.14 bits per heavy atom. The number of hydrogen-bond acceptors (Lipinski definition) is 5. The Bertz CT molecular complexity index is 626. The van der Waals surface area contributed by atoms with Crippen LogP contribution in [0.4, 0.5) is 4.79 Å². The fourth-order valence-corrected chi connectivity index (χ4v) is 4.57. The highest BCUT2D eigenvalue weighted by atomic mass is 32.2. The van der Waals surface area contributed by atoms with E-state index in [4.69, 9.17) is 0 Å². The molecule has 1 aromatic rings. The van der Waals surface area contributed by atoms with E-state index in [0.29, 0.717) is 25.3 Å². The Hall–Kier alpha value is -1.44. The van der Waals surface area contributed by atoms with Crippen molar-refractivity contribution in [3.63, 3.8) is 0 Å². The molecule has 0 radical (unpaired) electrons. The molecule has 1 saturated carbocycles. The summed E-state index contributed by atoms with van der Waals surface area (Å²) in [5.41, 5.74) is 0. The van der Waals surface area contributed by atoms with Crippen molar-refractivity contribution in [3.05, 3.63) is 6.33 Å². The van der Waals surface area contributed by atoms with Crippen LogP contribution in [0.2, 0.25) is 0 Å². The molecule has 2 atom stereocenters. The van der Waals surface area contributed by atoms with E-state index in [2.05, 4.69) is 17.0 Å². The van der Waals surface area contributed by atoms with Crippen LogP contribution in [0.1, 0.15) is 46.0 Å². The number of aromatic nitrogens is 3. The summed E-state index contributed by atoms with van der Waals surface area (Å²) in [7, 11) is -1.89. The van der Waals surface area contributed by atoms with Crippen LogP contribution in [0.5, 0.6) is 0 Å². The molecule has 0 spiro atoms. The minimum atomic E-state index is -3.55. The van der Waals surface area contributed by atoms with Crippen molar-refractivity contribution in [1.82, 2.24) is 19.7 Å². The van der Waals surface area contributed by atoms with Gasteiger partial charge in [-0.1, -0.05) is 20.3 Å². The van der Waals surface area contributed by atoms with Crippen molar-refractivity contribution in [2.24, 2.45) is 5.92 Å². The minimum absolute atomic E-state index is 0.229. The molecule has 0 N–H and O–H groups in total. The molecule has 8 heteroatoms. The zero-order chi connectivity index (χ0) is 16.3. The van der Waals surface area contributed by atoms with Gasteiger partial charge in [0.05, 0.1) is 5.25 Å². The molecular formula is C14H24N4O3S. The third-order valence-corrected chi connectivity index (χ3v) is 6.32. The number of carbonyl (C=O) groups is 1. The van der Waals surface area contributed by atoms with Crippen LogP contribution >= 0.6 is 0 Å². The summed E-state index contributed by atoms with van der Waals surface area (Å²) >= 11 is 0. The van der Waals surface area contributed by atoms with Crippen LogP contribution in [0.25, 0.3) is 0 Å². The van der Waals surface area contributed by atoms with E-state index in [0.717, 1.165) is 23.9 Å². The zero-order valence-electron chi connectivity index (χ0n) is 13.4. The molecule has 1 aliphatic rings. The van der Waals surface area contributed by atoms with Crippen LogP contribution < -0.4 is 0 Å². The smallest absolute Gasteiger partial charge is 0.326 e. The number of carbonyl (C=O) groups excluding carboxylic acids is 1. The monoisotopic (exact) mass is 328 g/mol. The van der Waals surface area contributed by atoms with Crippen LogP contribution in [-0.4, -0.2) is 53.0 Å². The molecule has 0 saturated heterocycles. The van der Waals surface area contributed by atoms with Gasteiger partial charge in [0, 0.05) is 13.6 Å². The highest BCUT2D eigenvalue weighted by molar-refractivity contribution is 7.91. The van der Waals surface area contributed by atoms with Gasteiger partial charge in [0.25, 0.3) is 5.16 Å². The van der Waals surface area contributed by atoms with Gasteiger partial charge in [-0.15, -0.1) is 5.10 Å². The van der Waals surface area contributed by atoms with Crippen molar-refractivity contribution < 1.29 is 13.2 Å². The molecule has 0 aliphatic heterocycles. The Kier molecular flexibility index (Phi) is 5.20. The van der Waals surface area contributed by atoms with Gasteiger partial charge in [-0.2, -0.15) is 4.68 Å². The van der Waals surface area contributed by atoms with Gasteiger partial charge in [-0.3, -0.25) is 0 Å². The molecule has 1 aromatic heterocycles. The molecule has 1 heterocycles. The van der Waals surface area contributed by atoms with E-state index in [-0.39, 0.29) is 11.2 Å². The number of hydrogen-bond donors (Lipinski definition) is 0. The van der Waals surface area contributed by atoms with Crippen molar-refractivity contribution >= 4 is 15.9 Å². The largest absolute Gasteiger partial charge is 0.345 e. The van der Waals surface area contributed by atoms with Gasteiger partial charge in [-0.05, 0) is 31.6 Å². The Morgan fingerprint density at radius 1 is 1.41 bits per heavy atom. The third kappa shape index (κ3) is 3.31. The average molecular weight is 328 g/mol. The summed E-state index contributed by atoms with van der Waals surface area (Å²) in [5, 5.41) is 3.26. The molecule has 1 amide bonds. The lowest BCUT2D eigenvalue weighted by Gasteiger charge is -2.14. The topological polar surface area (TPSA) is 85.2 Å². The van der Waals surface area contributed by atoms with Crippen LogP contribution in [0.15, 0.2) is 11.5 Å². The van der Waals surface area contributed by atoms with Crippen molar-refractivity contribution in [1.29, 1.82) is 0 Å². The molecule has 0 bridgehead atoms. The quantitative estimate of drug-likeness (QED) is 0.824. The number of amides is 1.